The summed E-state index contributed by atoms with van der Waals surface area (Å²) in [6, 6.07) is 1.99. The molecule has 3 aromatic rings. The molecule has 8 heteroatoms. The summed E-state index contributed by atoms with van der Waals surface area (Å²) in [7, 11) is 0. The Bertz CT molecular complexity index is 731. The Morgan fingerprint density at radius 3 is 3.00 bits per heavy atom. The van der Waals surface area contributed by atoms with Crippen LogP contribution in [0.1, 0.15) is 5.56 Å². The first-order valence-electron chi connectivity index (χ1n) is 4.69. The smallest absolute Gasteiger partial charge is 0.224 e. The molecule has 0 aliphatic carbocycles. The van der Waals surface area contributed by atoms with E-state index in [2.05, 4.69) is 25.3 Å². The Morgan fingerprint density at radius 1 is 1.35 bits per heavy atom. The summed E-state index contributed by atoms with van der Waals surface area (Å²) in [6.07, 6.45) is 4.59. The van der Waals surface area contributed by atoms with E-state index in [-0.39, 0.29) is 5.95 Å². The molecule has 0 spiro atoms. The van der Waals surface area contributed by atoms with Crippen molar-refractivity contribution in [2.45, 2.75) is 0 Å². The maximum Gasteiger partial charge on any atom is 0.224 e. The molecule has 3 aromatic heterocycles. The zero-order chi connectivity index (χ0) is 11.8. The predicted molar refractivity (Wildman–Crippen MR) is 57.9 cm³/mol. The molecule has 3 heterocycles. The second kappa shape index (κ2) is 3.28. The van der Waals surface area contributed by atoms with E-state index in [1.165, 1.54) is 10.9 Å². The van der Waals surface area contributed by atoms with Gasteiger partial charge in [-0.2, -0.15) is 25.4 Å². The SMILES string of the molecule is N#Cc1cnn(-c2nc(N)nc3[nH]ncc23)c1. The van der Waals surface area contributed by atoms with Gasteiger partial charge in [-0.1, -0.05) is 0 Å². The fourth-order valence-corrected chi connectivity index (χ4v) is 1.51. The highest BCUT2D eigenvalue weighted by Gasteiger charge is 2.10. The number of nitrogens with one attached hydrogen (secondary N) is 1. The average molecular weight is 226 g/mol. The van der Waals surface area contributed by atoms with Gasteiger partial charge in [0.25, 0.3) is 0 Å². The second-order valence-corrected chi connectivity index (χ2v) is 3.32. The first-order valence-corrected chi connectivity index (χ1v) is 4.69. The second-order valence-electron chi connectivity index (χ2n) is 3.32. The normalized spacial score (nSPS) is 10.5. The Balaban J connectivity index is 2.29. The number of nitrogens with two attached hydrogens (primary N) is 1. The van der Waals surface area contributed by atoms with Gasteiger partial charge in [0.1, 0.15) is 6.07 Å². The monoisotopic (exact) mass is 226 g/mol. The molecule has 82 valence electrons. The van der Waals surface area contributed by atoms with Gasteiger partial charge in [0.15, 0.2) is 11.5 Å². The molecule has 0 aliphatic heterocycles. The van der Waals surface area contributed by atoms with Gasteiger partial charge >= 0.3 is 0 Å². The van der Waals surface area contributed by atoms with Gasteiger partial charge in [0.05, 0.1) is 29.5 Å². The van der Waals surface area contributed by atoms with Crippen molar-refractivity contribution in [2.24, 2.45) is 0 Å². The number of anilines is 1. The standard InChI is InChI=1S/C9H6N8/c10-1-5-2-13-17(4-5)8-6-3-12-16-7(6)14-9(11)15-8/h2-4H,(H3,11,12,14,15,16). The molecule has 0 radical (unpaired) electrons. The third-order valence-electron chi connectivity index (χ3n) is 2.24. The van der Waals surface area contributed by atoms with Gasteiger partial charge in [0.2, 0.25) is 5.95 Å². The van der Waals surface area contributed by atoms with Crippen molar-refractivity contribution in [1.29, 1.82) is 5.26 Å². The van der Waals surface area contributed by atoms with Gasteiger partial charge in [-0.25, -0.2) is 4.68 Å². The van der Waals surface area contributed by atoms with Crippen LogP contribution in [-0.2, 0) is 0 Å². The summed E-state index contributed by atoms with van der Waals surface area (Å²) in [5, 5.41) is 20.0. The van der Waals surface area contributed by atoms with E-state index >= 15 is 0 Å². The molecule has 8 nitrogen and oxygen atoms in total. The zero-order valence-electron chi connectivity index (χ0n) is 8.49. The van der Waals surface area contributed by atoms with Crippen molar-refractivity contribution in [3.8, 4) is 11.9 Å². The van der Waals surface area contributed by atoms with Gasteiger partial charge in [-0.15, -0.1) is 0 Å². The Kier molecular flexibility index (Phi) is 1.79. The van der Waals surface area contributed by atoms with E-state index < -0.39 is 0 Å². The number of hydrogen-bond donors (Lipinski definition) is 2. The van der Waals surface area contributed by atoms with Crippen molar-refractivity contribution < 1.29 is 0 Å². The van der Waals surface area contributed by atoms with Crippen LogP contribution in [0.3, 0.4) is 0 Å². The number of nitrogens with zero attached hydrogens (tertiary/aromatic N) is 6. The van der Waals surface area contributed by atoms with Crippen LogP contribution < -0.4 is 5.73 Å². The van der Waals surface area contributed by atoms with E-state index in [4.69, 9.17) is 11.0 Å². The quantitative estimate of drug-likeness (QED) is 0.601. The van der Waals surface area contributed by atoms with Crippen LogP contribution in [0.25, 0.3) is 16.9 Å². The minimum atomic E-state index is 0.116. The van der Waals surface area contributed by atoms with Crippen molar-refractivity contribution in [2.75, 3.05) is 5.73 Å². The number of H-pyrrole nitrogens is 1. The maximum atomic E-state index is 8.75. The van der Waals surface area contributed by atoms with E-state index in [0.29, 0.717) is 22.4 Å². The summed E-state index contributed by atoms with van der Waals surface area (Å²) in [5.74, 6) is 0.605. The molecular weight excluding hydrogens is 220 g/mol. The lowest BCUT2D eigenvalue weighted by Crippen LogP contribution is -2.03. The third kappa shape index (κ3) is 1.37. The molecular formula is C9H6N8. The first kappa shape index (κ1) is 9.29. The van der Waals surface area contributed by atoms with E-state index in [1.54, 1.807) is 12.4 Å². The average Bonchev–Trinajstić information content (AvgIpc) is 2.95. The maximum absolute atomic E-state index is 8.75. The summed E-state index contributed by atoms with van der Waals surface area (Å²) >= 11 is 0. The highest BCUT2D eigenvalue weighted by molar-refractivity contribution is 5.82. The van der Waals surface area contributed by atoms with Crippen LogP contribution in [0.15, 0.2) is 18.6 Å². The van der Waals surface area contributed by atoms with Crippen LogP contribution in [0, 0.1) is 11.3 Å². The first-order chi connectivity index (χ1) is 8.28. The van der Waals surface area contributed by atoms with E-state index in [0.717, 1.165) is 0 Å². The lowest BCUT2D eigenvalue weighted by Gasteiger charge is -2.01. The minimum Gasteiger partial charge on any atom is -0.368 e. The zero-order valence-corrected chi connectivity index (χ0v) is 8.49. The van der Waals surface area contributed by atoms with Crippen LogP contribution in [-0.4, -0.2) is 29.9 Å². The summed E-state index contributed by atoms with van der Waals surface area (Å²) in [6.45, 7) is 0. The van der Waals surface area contributed by atoms with Gasteiger partial charge < -0.3 is 5.73 Å². The number of aromatic amines is 1. The van der Waals surface area contributed by atoms with Crippen molar-refractivity contribution in [1.82, 2.24) is 29.9 Å². The molecule has 0 aromatic carbocycles. The van der Waals surface area contributed by atoms with Gasteiger partial charge in [0, 0.05) is 0 Å². The van der Waals surface area contributed by atoms with Crippen LogP contribution in [0.4, 0.5) is 5.95 Å². The van der Waals surface area contributed by atoms with Crippen LogP contribution >= 0.6 is 0 Å². The Labute approximate surface area is 94.7 Å². The number of nitriles is 1. The summed E-state index contributed by atoms with van der Waals surface area (Å²) < 4.78 is 1.47. The topological polar surface area (TPSA) is 122 Å². The fourth-order valence-electron chi connectivity index (χ4n) is 1.51. The molecule has 0 unspecified atom stereocenters. The molecule has 0 atom stereocenters. The molecule has 3 rings (SSSR count). The highest BCUT2D eigenvalue weighted by atomic mass is 15.3. The fraction of sp³-hybridized carbons (Fsp3) is 0. The van der Waals surface area contributed by atoms with Crippen LogP contribution in [0.5, 0.6) is 0 Å². The number of aromatic nitrogens is 6. The van der Waals surface area contributed by atoms with Crippen molar-refractivity contribution in [3.63, 3.8) is 0 Å². The van der Waals surface area contributed by atoms with Gasteiger partial charge in [-0.3, -0.25) is 5.10 Å². The molecule has 0 saturated heterocycles. The Morgan fingerprint density at radius 2 is 2.24 bits per heavy atom. The molecule has 0 amide bonds. The van der Waals surface area contributed by atoms with E-state index in [9.17, 15) is 0 Å². The predicted octanol–water partition coefficient (Wildman–Crippen LogP) is -0.00752. The van der Waals surface area contributed by atoms with Crippen molar-refractivity contribution >= 4 is 17.0 Å². The molecule has 0 fully saturated rings. The lowest BCUT2D eigenvalue weighted by atomic mass is 10.4. The summed E-state index contributed by atoms with van der Waals surface area (Å²) in [4.78, 5) is 8.08. The van der Waals surface area contributed by atoms with Crippen molar-refractivity contribution in [3.05, 3.63) is 24.2 Å². The molecule has 0 saturated carbocycles. The molecule has 0 aliphatic rings. The number of hydrogen-bond acceptors (Lipinski definition) is 6. The highest BCUT2D eigenvalue weighted by Crippen LogP contribution is 2.17. The Hall–Kier alpha value is -2.95. The number of fused-ring (bicyclic) bond motifs is 1. The number of rotatable bonds is 1. The van der Waals surface area contributed by atoms with Gasteiger partial charge in [-0.05, 0) is 0 Å². The largest absolute Gasteiger partial charge is 0.368 e. The van der Waals surface area contributed by atoms with Crippen LogP contribution in [0.2, 0.25) is 0 Å². The lowest BCUT2D eigenvalue weighted by molar-refractivity contribution is 0.853. The third-order valence-corrected chi connectivity index (χ3v) is 2.24. The number of nitrogen functional groups attached to an aromatic ring is 1. The molecule has 3 N–H and O–H groups in total. The molecule has 0 bridgehead atoms. The minimum absolute atomic E-state index is 0.116. The van der Waals surface area contributed by atoms with E-state index in [1.807, 2.05) is 6.07 Å². The molecule has 17 heavy (non-hydrogen) atoms. The summed E-state index contributed by atoms with van der Waals surface area (Å²) in [5.41, 5.74) is 6.56.